The van der Waals surface area contributed by atoms with Gasteiger partial charge in [0.2, 0.25) is 0 Å². The van der Waals surface area contributed by atoms with Crippen molar-refractivity contribution in [2.75, 3.05) is 13.7 Å². The lowest BCUT2D eigenvalue weighted by Crippen LogP contribution is -2.40. The van der Waals surface area contributed by atoms with Gasteiger partial charge in [-0.05, 0) is 51.9 Å². The molecular formula is C14H22FNO. The number of aryl methyl sites for hydroxylation is 1. The van der Waals surface area contributed by atoms with Gasteiger partial charge in [-0.1, -0.05) is 12.1 Å². The van der Waals surface area contributed by atoms with Crippen LogP contribution in [0.1, 0.15) is 37.9 Å². The van der Waals surface area contributed by atoms with Crippen molar-refractivity contribution in [3.8, 4) is 0 Å². The first-order chi connectivity index (χ1) is 7.92. The van der Waals surface area contributed by atoms with Crippen molar-refractivity contribution < 1.29 is 9.13 Å². The van der Waals surface area contributed by atoms with Gasteiger partial charge in [-0.2, -0.15) is 0 Å². The summed E-state index contributed by atoms with van der Waals surface area (Å²) in [6.45, 7) is 8.38. The third-order valence-corrected chi connectivity index (χ3v) is 3.03. The summed E-state index contributed by atoms with van der Waals surface area (Å²) in [7, 11) is 1.86. The molecule has 0 amide bonds. The van der Waals surface area contributed by atoms with Gasteiger partial charge < -0.3 is 10.1 Å². The van der Waals surface area contributed by atoms with E-state index in [4.69, 9.17) is 4.74 Å². The van der Waals surface area contributed by atoms with Crippen LogP contribution in [0, 0.1) is 12.7 Å². The Morgan fingerprint density at radius 3 is 2.53 bits per heavy atom. The molecule has 0 heterocycles. The van der Waals surface area contributed by atoms with Crippen LogP contribution < -0.4 is 5.32 Å². The lowest BCUT2D eigenvalue weighted by Gasteiger charge is -2.34. The van der Waals surface area contributed by atoms with E-state index in [2.05, 4.69) is 5.32 Å². The molecule has 0 aliphatic rings. The second kappa shape index (κ2) is 5.61. The van der Waals surface area contributed by atoms with Crippen LogP contribution in [0.2, 0.25) is 0 Å². The van der Waals surface area contributed by atoms with E-state index in [0.29, 0.717) is 12.2 Å². The molecule has 0 aromatic heterocycles. The first-order valence-corrected chi connectivity index (χ1v) is 5.99. The third kappa shape index (κ3) is 3.27. The Morgan fingerprint density at radius 2 is 2.06 bits per heavy atom. The number of hydrogen-bond acceptors (Lipinski definition) is 2. The largest absolute Gasteiger partial charge is 0.374 e. The first-order valence-electron chi connectivity index (χ1n) is 5.99. The maximum Gasteiger partial charge on any atom is 0.126 e. The van der Waals surface area contributed by atoms with Crippen LogP contribution in [0.3, 0.4) is 0 Å². The Morgan fingerprint density at radius 1 is 1.41 bits per heavy atom. The number of ether oxygens (including phenoxy) is 1. The van der Waals surface area contributed by atoms with E-state index < -0.39 is 0 Å². The van der Waals surface area contributed by atoms with Crippen LogP contribution in [-0.2, 0) is 4.74 Å². The highest BCUT2D eigenvalue weighted by Gasteiger charge is 2.30. The molecule has 3 heteroatoms. The van der Waals surface area contributed by atoms with Gasteiger partial charge in [0.1, 0.15) is 5.82 Å². The van der Waals surface area contributed by atoms with Crippen molar-refractivity contribution in [2.24, 2.45) is 0 Å². The minimum Gasteiger partial charge on any atom is -0.374 e. The molecule has 0 saturated heterocycles. The Kier molecular flexibility index (Phi) is 4.66. The Hall–Kier alpha value is -0.930. The highest BCUT2D eigenvalue weighted by molar-refractivity contribution is 5.27. The lowest BCUT2D eigenvalue weighted by molar-refractivity contribution is -0.0375. The van der Waals surface area contributed by atoms with Gasteiger partial charge >= 0.3 is 0 Å². The van der Waals surface area contributed by atoms with E-state index in [-0.39, 0.29) is 17.5 Å². The topological polar surface area (TPSA) is 21.3 Å². The molecule has 17 heavy (non-hydrogen) atoms. The van der Waals surface area contributed by atoms with Crippen LogP contribution in [0.25, 0.3) is 0 Å². The molecule has 0 spiro atoms. The molecule has 0 aliphatic carbocycles. The number of rotatable bonds is 5. The number of nitrogens with one attached hydrogen (secondary N) is 1. The van der Waals surface area contributed by atoms with Crippen LogP contribution >= 0.6 is 0 Å². The average molecular weight is 239 g/mol. The highest BCUT2D eigenvalue weighted by Crippen LogP contribution is 2.29. The molecule has 0 aliphatic heterocycles. The van der Waals surface area contributed by atoms with Crippen molar-refractivity contribution in [3.63, 3.8) is 0 Å². The molecular weight excluding hydrogens is 217 g/mol. The molecule has 0 fully saturated rings. The van der Waals surface area contributed by atoms with Gasteiger partial charge in [-0.15, -0.1) is 0 Å². The molecule has 0 radical (unpaired) electrons. The minimum absolute atomic E-state index is 0.0300. The molecule has 2 nitrogen and oxygen atoms in total. The second-order valence-electron chi connectivity index (χ2n) is 4.77. The zero-order valence-corrected chi connectivity index (χ0v) is 11.3. The summed E-state index contributed by atoms with van der Waals surface area (Å²) in [5.74, 6) is -0.171. The van der Waals surface area contributed by atoms with Gasteiger partial charge in [-0.25, -0.2) is 4.39 Å². The van der Waals surface area contributed by atoms with E-state index >= 15 is 0 Å². The first kappa shape index (κ1) is 14.1. The number of likely N-dealkylation sites (N-methyl/N-ethyl adjacent to an activating group) is 1. The van der Waals surface area contributed by atoms with Crippen LogP contribution in [-0.4, -0.2) is 19.3 Å². The quantitative estimate of drug-likeness (QED) is 0.852. The Labute approximate surface area is 103 Å². The zero-order chi connectivity index (χ0) is 13.1. The SMILES string of the molecule is CCOC(C)(C)C(NC)c1ccc(C)c(F)c1. The molecule has 1 unspecified atom stereocenters. The summed E-state index contributed by atoms with van der Waals surface area (Å²) in [4.78, 5) is 0. The smallest absolute Gasteiger partial charge is 0.126 e. The number of benzene rings is 1. The van der Waals surface area contributed by atoms with Gasteiger partial charge in [0, 0.05) is 6.61 Å². The van der Waals surface area contributed by atoms with Gasteiger partial charge in [0.05, 0.1) is 11.6 Å². The molecule has 1 atom stereocenters. The lowest BCUT2D eigenvalue weighted by atomic mass is 9.91. The van der Waals surface area contributed by atoms with E-state index in [1.165, 1.54) is 0 Å². The van der Waals surface area contributed by atoms with Crippen molar-refractivity contribution in [2.45, 2.75) is 39.3 Å². The molecule has 1 aromatic rings. The van der Waals surface area contributed by atoms with Gasteiger partial charge in [-0.3, -0.25) is 0 Å². The predicted octanol–water partition coefficient (Wildman–Crippen LogP) is 3.21. The fourth-order valence-corrected chi connectivity index (χ4v) is 2.16. The summed E-state index contributed by atoms with van der Waals surface area (Å²) in [5, 5.41) is 3.20. The molecule has 96 valence electrons. The van der Waals surface area contributed by atoms with E-state index in [9.17, 15) is 4.39 Å². The van der Waals surface area contributed by atoms with Crippen molar-refractivity contribution in [3.05, 3.63) is 35.1 Å². The van der Waals surface area contributed by atoms with Gasteiger partial charge in [0.25, 0.3) is 0 Å². The standard InChI is InChI=1S/C14H22FNO/c1-6-17-14(3,4)13(16-5)11-8-7-10(2)12(15)9-11/h7-9,13,16H,6H2,1-5H3. The normalized spacial score (nSPS) is 13.8. The van der Waals surface area contributed by atoms with E-state index in [0.717, 1.165) is 5.56 Å². The summed E-state index contributed by atoms with van der Waals surface area (Å²) in [6.07, 6.45) is 0. The zero-order valence-electron chi connectivity index (χ0n) is 11.3. The fourth-order valence-electron chi connectivity index (χ4n) is 2.16. The van der Waals surface area contributed by atoms with Crippen molar-refractivity contribution >= 4 is 0 Å². The Bertz CT molecular complexity index is 376. The summed E-state index contributed by atoms with van der Waals surface area (Å²) < 4.78 is 19.3. The van der Waals surface area contributed by atoms with Crippen molar-refractivity contribution in [1.29, 1.82) is 0 Å². The second-order valence-corrected chi connectivity index (χ2v) is 4.77. The van der Waals surface area contributed by atoms with Crippen LogP contribution in [0.5, 0.6) is 0 Å². The van der Waals surface area contributed by atoms with Crippen molar-refractivity contribution in [1.82, 2.24) is 5.32 Å². The molecule has 1 N–H and O–H groups in total. The maximum absolute atomic E-state index is 13.6. The monoisotopic (exact) mass is 239 g/mol. The number of halogens is 1. The van der Waals surface area contributed by atoms with E-state index in [1.54, 1.807) is 19.1 Å². The molecule has 0 bridgehead atoms. The fraction of sp³-hybridized carbons (Fsp3) is 0.571. The molecule has 0 saturated carbocycles. The van der Waals surface area contributed by atoms with Crippen LogP contribution in [0.4, 0.5) is 4.39 Å². The van der Waals surface area contributed by atoms with Crippen LogP contribution in [0.15, 0.2) is 18.2 Å². The van der Waals surface area contributed by atoms with Gasteiger partial charge in [0.15, 0.2) is 0 Å². The number of hydrogen-bond donors (Lipinski definition) is 1. The summed E-state index contributed by atoms with van der Waals surface area (Å²) in [5.41, 5.74) is 1.21. The molecule has 1 rings (SSSR count). The Balaban J connectivity index is 3.05. The predicted molar refractivity (Wildman–Crippen MR) is 68.6 cm³/mol. The molecule has 1 aromatic carbocycles. The summed E-state index contributed by atoms with van der Waals surface area (Å²) in [6, 6.07) is 5.30. The maximum atomic E-state index is 13.6. The average Bonchev–Trinajstić information content (AvgIpc) is 2.23. The third-order valence-electron chi connectivity index (χ3n) is 3.03. The minimum atomic E-state index is -0.370. The summed E-state index contributed by atoms with van der Waals surface area (Å²) >= 11 is 0. The van der Waals surface area contributed by atoms with E-state index in [1.807, 2.05) is 33.9 Å². The highest BCUT2D eigenvalue weighted by atomic mass is 19.1.